The molecule has 2 N–H and O–H groups in total. The summed E-state index contributed by atoms with van der Waals surface area (Å²) in [5.41, 5.74) is 5.71. The summed E-state index contributed by atoms with van der Waals surface area (Å²) >= 11 is 0. The molecule has 0 bridgehead atoms. The fourth-order valence-electron chi connectivity index (χ4n) is 1.17. The van der Waals surface area contributed by atoms with E-state index in [-0.39, 0.29) is 6.04 Å². The first kappa shape index (κ1) is 10.1. The van der Waals surface area contributed by atoms with Crippen LogP contribution in [-0.4, -0.2) is 28.5 Å². The summed E-state index contributed by atoms with van der Waals surface area (Å²) in [6.45, 7) is 3.51. The summed E-state index contributed by atoms with van der Waals surface area (Å²) in [5, 5.41) is 7.76. The lowest BCUT2D eigenvalue weighted by Gasteiger charge is -2.07. The molecular formula is C8H16N4O. The Morgan fingerprint density at radius 2 is 2.46 bits per heavy atom. The zero-order valence-electron chi connectivity index (χ0n) is 8.10. The quantitative estimate of drug-likeness (QED) is 0.670. The molecule has 0 saturated carbocycles. The van der Waals surface area contributed by atoms with Gasteiger partial charge in [-0.25, -0.2) is 0 Å². The van der Waals surface area contributed by atoms with Gasteiger partial charge in [-0.1, -0.05) is 0 Å². The summed E-state index contributed by atoms with van der Waals surface area (Å²) in [6.07, 6.45) is 2.66. The predicted molar refractivity (Wildman–Crippen MR) is 49.1 cm³/mol. The molecule has 0 aliphatic heterocycles. The summed E-state index contributed by atoms with van der Waals surface area (Å²) in [4.78, 5) is 0. The highest BCUT2D eigenvalue weighted by molar-refractivity contribution is 4.91. The van der Waals surface area contributed by atoms with Crippen molar-refractivity contribution in [2.75, 3.05) is 13.7 Å². The van der Waals surface area contributed by atoms with Gasteiger partial charge in [0.25, 0.3) is 0 Å². The first-order valence-corrected chi connectivity index (χ1v) is 4.38. The highest BCUT2D eigenvalue weighted by Gasteiger charge is 2.07. The maximum absolute atomic E-state index is 5.71. The van der Waals surface area contributed by atoms with Gasteiger partial charge >= 0.3 is 0 Å². The number of methoxy groups -OCH3 is 1. The van der Waals surface area contributed by atoms with E-state index in [9.17, 15) is 0 Å². The minimum atomic E-state index is -0.0648. The molecule has 13 heavy (non-hydrogen) atoms. The lowest BCUT2D eigenvalue weighted by molar-refractivity contribution is 0.190. The van der Waals surface area contributed by atoms with Gasteiger partial charge in [-0.15, -0.1) is 10.2 Å². The molecule has 0 fully saturated rings. The van der Waals surface area contributed by atoms with E-state index < -0.39 is 0 Å². The van der Waals surface area contributed by atoms with Crippen LogP contribution in [0.15, 0.2) is 6.33 Å². The maximum atomic E-state index is 5.71. The molecule has 0 amide bonds. The highest BCUT2D eigenvalue weighted by Crippen LogP contribution is 2.05. The number of nitrogens with zero attached hydrogens (tertiary/aromatic N) is 3. The minimum Gasteiger partial charge on any atom is -0.385 e. The van der Waals surface area contributed by atoms with Crippen LogP contribution in [0, 0.1) is 0 Å². The van der Waals surface area contributed by atoms with Gasteiger partial charge in [-0.05, 0) is 13.3 Å². The Hall–Kier alpha value is -0.940. The van der Waals surface area contributed by atoms with Crippen LogP contribution in [0.3, 0.4) is 0 Å². The second kappa shape index (κ2) is 4.94. The van der Waals surface area contributed by atoms with E-state index in [4.69, 9.17) is 10.5 Å². The molecule has 0 aromatic carbocycles. The molecule has 1 aromatic heterocycles. The Labute approximate surface area is 77.9 Å². The molecule has 0 aliphatic rings. The van der Waals surface area contributed by atoms with E-state index in [0.717, 1.165) is 25.4 Å². The number of hydrogen-bond donors (Lipinski definition) is 1. The summed E-state index contributed by atoms with van der Waals surface area (Å²) < 4.78 is 6.92. The molecule has 1 atom stereocenters. The van der Waals surface area contributed by atoms with Crippen molar-refractivity contribution in [2.24, 2.45) is 5.73 Å². The van der Waals surface area contributed by atoms with Crippen LogP contribution in [0.5, 0.6) is 0 Å². The number of ether oxygens (including phenoxy) is 1. The molecule has 1 rings (SSSR count). The highest BCUT2D eigenvalue weighted by atomic mass is 16.5. The third-order valence-corrected chi connectivity index (χ3v) is 1.80. The molecule has 1 unspecified atom stereocenters. The first-order chi connectivity index (χ1) is 6.25. The molecule has 1 aromatic rings. The van der Waals surface area contributed by atoms with Crippen molar-refractivity contribution >= 4 is 0 Å². The molecule has 0 aliphatic carbocycles. The normalized spacial score (nSPS) is 13.2. The molecule has 0 saturated heterocycles. The van der Waals surface area contributed by atoms with Crippen molar-refractivity contribution in [1.82, 2.24) is 14.8 Å². The van der Waals surface area contributed by atoms with E-state index in [1.54, 1.807) is 13.4 Å². The van der Waals surface area contributed by atoms with Gasteiger partial charge in [-0.3, -0.25) is 0 Å². The summed E-state index contributed by atoms with van der Waals surface area (Å²) in [6, 6.07) is -0.0648. The summed E-state index contributed by atoms with van der Waals surface area (Å²) in [7, 11) is 1.69. The van der Waals surface area contributed by atoms with Crippen molar-refractivity contribution in [3.05, 3.63) is 12.2 Å². The predicted octanol–water partition coefficient (Wildman–Crippen LogP) is 0.334. The molecule has 0 spiro atoms. The van der Waals surface area contributed by atoms with Crippen molar-refractivity contribution < 1.29 is 4.74 Å². The van der Waals surface area contributed by atoms with Gasteiger partial charge in [0.15, 0.2) is 0 Å². The third-order valence-electron chi connectivity index (χ3n) is 1.80. The second-order valence-corrected chi connectivity index (χ2v) is 3.02. The second-order valence-electron chi connectivity index (χ2n) is 3.02. The number of aryl methyl sites for hydroxylation is 1. The maximum Gasteiger partial charge on any atom is 0.149 e. The van der Waals surface area contributed by atoms with E-state index in [1.165, 1.54) is 0 Å². The van der Waals surface area contributed by atoms with Crippen LogP contribution in [0.2, 0.25) is 0 Å². The van der Waals surface area contributed by atoms with Crippen LogP contribution in [0.1, 0.15) is 25.2 Å². The van der Waals surface area contributed by atoms with E-state index in [2.05, 4.69) is 10.2 Å². The largest absolute Gasteiger partial charge is 0.385 e. The van der Waals surface area contributed by atoms with E-state index in [0.29, 0.717) is 0 Å². The Kier molecular flexibility index (Phi) is 3.85. The van der Waals surface area contributed by atoms with Crippen LogP contribution in [-0.2, 0) is 11.3 Å². The zero-order valence-corrected chi connectivity index (χ0v) is 8.10. The molecule has 0 radical (unpaired) electrons. The molecular weight excluding hydrogens is 168 g/mol. The lowest BCUT2D eigenvalue weighted by atomic mass is 10.3. The van der Waals surface area contributed by atoms with Gasteiger partial charge in [-0.2, -0.15) is 0 Å². The molecule has 74 valence electrons. The minimum absolute atomic E-state index is 0.0648. The van der Waals surface area contributed by atoms with Crippen LogP contribution < -0.4 is 5.73 Å². The first-order valence-electron chi connectivity index (χ1n) is 4.38. The van der Waals surface area contributed by atoms with Crippen LogP contribution in [0.4, 0.5) is 0 Å². The van der Waals surface area contributed by atoms with E-state index >= 15 is 0 Å². The SMILES string of the molecule is COCCCn1cnnc1C(C)N. The topological polar surface area (TPSA) is 66.0 Å². The molecule has 1 heterocycles. The molecule has 5 nitrogen and oxygen atoms in total. The van der Waals surface area contributed by atoms with Crippen molar-refractivity contribution in [2.45, 2.75) is 25.9 Å². The molecule has 5 heteroatoms. The Morgan fingerprint density at radius 3 is 3.08 bits per heavy atom. The van der Waals surface area contributed by atoms with Gasteiger partial charge in [0.1, 0.15) is 12.2 Å². The van der Waals surface area contributed by atoms with Gasteiger partial charge in [0, 0.05) is 20.3 Å². The van der Waals surface area contributed by atoms with Crippen molar-refractivity contribution in [3.63, 3.8) is 0 Å². The Bertz CT molecular complexity index is 246. The average molecular weight is 184 g/mol. The number of aromatic nitrogens is 3. The van der Waals surface area contributed by atoms with Gasteiger partial charge in [0.05, 0.1) is 6.04 Å². The zero-order chi connectivity index (χ0) is 9.68. The average Bonchev–Trinajstić information content (AvgIpc) is 2.53. The lowest BCUT2D eigenvalue weighted by Crippen LogP contribution is -2.14. The monoisotopic (exact) mass is 184 g/mol. The van der Waals surface area contributed by atoms with E-state index in [1.807, 2.05) is 11.5 Å². The summed E-state index contributed by atoms with van der Waals surface area (Å²) in [5.74, 6) is 0.830. The van der Waals surface area contributed by atoms with Crippen LogP contribution in [0.25, 0.3) is 0 Å². The standard InChI is InChI=1S/C8H16N4O/c1-7(9)8-11-10-6-12(8)4-3-5-13-2/h6-7H,3-5,9H2,1-2H3. The number of rotatable bonds is 5. The smallest absolute Gasteiger partial charge is 0.149 e. The fraction of sp³-hybridized carbons (Fsp3) is 0.750. The Balaban J connectivity index is 2.50. The Morgan fingerprint density at radius 1 is 1.69 bits per heavy atom. The fourth-order valence-corrected chi connectivity index (χ4v) is 1.17. The van der Waals surface area contributed by atoms with Gasteiger partial charge < -0.3 is 15.0 Å². The van der Waals surface area contributed by atoms with Crippen molar-refractivity contribution in [3.8, 4) is 0 Å². The third kappa shape index (κ3) is 2.78. The van der Waals surface area contributed by atoms with Gasteiger partial charge in [0.2, 0.25) is 0 Å². The van der Waals surface area contributed by atoms with Crippen LogP contribution >= 0.6 is 0 Å². The van der Waals surface area contributed by atoms with Crippen molar-refractivity contribution in [1.29, 1.82) is 0 Å². The number of nitrogens with two attached hydrogens (primary N) is 1. The number of hydrogen-bond acceptors (Lipinski definition) is 4.